The Labute approximate surface area is 112 Å². The Morgan fingerprint density at radius 1 is 1.33 bits per heavy atom. The number of aromatic amines is 1. The SMILES string of the molecule is O=c1ccn(CCNCc2ccc(Cl)s2)c(=O)[nH]1. The molecule has 0 radical (unpaired) electrons. The molecule has 0 amide bonds. The van der Waals surface area contributed by atoms with Gasteiger partial charge in [0.15, 0.2) is 0 Å². The van der Waals surface area contributed by atoms with Gasteiger partial charge in [0, 0.05) is 36.8 Å². The number of halogens is 1. The van der Waals surface area contributed by atoms with Crippen molar-refractivity contribution < 1.29 is 0 Å². The van der Waals surface area contributed by atoms with Crippen molar-refractivity contribution in [2.75, 3.05) is 6.54 Å². The molecule has 0 aromatic carbocycles. The molecule has 0 fully saturated rings. The van der Waals surface area contributed by atoms with Crippen LogP contribution in [0.5, 0.6) is 0 Å². The van der Waals surface area contributed by atoms with Gasteiger partial charge in [-0.1, -0.05) is 11.6 Å². The second-order valence-electron chi connectivity index (χ2n) is 3.69. The van der Waals surface area contributed by atoms with Gasteiger partial charge < -0.3 is 5.32 Å². The maximum Gasteiger partial charge on any atom is 0.328 e. The van der Waals surface area contributed by atoms with Crippen molar-refractivity contribution in [3.63, 3.8) is 0 Å². The Balaban J connectivity index is 1.82. The molecule has 0 unspecified atom stereocenters. The van der Waals surface area contributed by atoms with Gasteiger partial charge in [0.25, 0.3) is 5.56 Å². The first-order chi connectivity index (χ1) is 8.65. The van der Waals surface area contributed by atoms with Crippen molar-refractivity contribution in [2.24, 2.45) is 0 Å². The number of thiophene rings is 1. The summed E-state index contributed by atoms with van der Waals surface area (Å²) in [6.45, 7) is 1.87. The van der Waals surface area contributed by atoms with Crippen molar-refractivity contribution >= 4 is 22.9 Å². The van der Waals surface area contributed by atoms with E-state index in [0.29, 0.717) is 13.1 Å². The molecule has 0 bridgehead atoms. The van der Waals surface area contributed by atoms with Gasteiger partial charge in [-0.15, -0.1) is 11.3 Å². The molecule has 2 heterocycles. The molecular formula is C11H12ClN3O2S. The number of hydrogen-bond donors (Lipinski definition) is 2. The van der Waals surface area contributed by atoms with Crippen LogP contribution < -0.4 is 16.6 Å². The zero-order valence-electron chi connectivity index (χ0n) is 9.48. The van der Waals surface area contributed by atoms with Crippen LogP contribution in [0.25, 0.3) is 0 Å². The highest BCUT2D eigenvalue weighted by atomic mass is 35.5. The average Bonchev–Trinajstić information content (AvgIpc) is 2.73. The van der Waals surface area contributed by atoms with E-state index in [1.807, 2.05) is 12.1 Å². The summed E-state index contributed by atoms with van der Waals surface area (Å²) < 4.78 is 2.22. The van der Waals surface area contributed by atoms with E-state index in [0.717, 1.165) is 15.8 Å². The van der Waals surface area contributed by atoms with Crippen LogP contribution in [0.15, 0.2) is 34.0 Å². The summed E-state index contributed by atoms with van der Waals surface area (Å²) in [6.07, 6.45) is 1.49. The van der Waals surface area contributed by atoms with E-state index in [1.165, 1.54) is 28.2 Å². The van der Waals surface area contributed by atoms with E-state index in [4.69, 9.17) is 11.6 Å². The Morgan fingerprint density at radius 2 is 2.17 bits per heavy atom. The molecule has 0 aliphatic carbocycles. The van der Waals surface area contributed by atoms with Crippen LogP contribution in [0.3, 0.4) is 0 Å². The van der Waals surface area contributed by atoms with Crippen LogP contribution in [-0.4, -0.2) is 16.1 Å². The van der Waals surface area contributed by atoms with Gasteiger partial charge in [-0.05, 0) is 12.1 Å². The molecule has 0 aliphatic rings. The maximum atomic E-state index is 11.4. The molecule has 2 N–H and O–H groups in total. The van der Waals surface area contributed by atoms with E-state index in [2.05, 4.69) is 10.3 Å². The quantitative estimate of drug-likeness (QED) is 0.807. The third-order valence-electron chi connectivity index (χ3n) is 2.35. The lowest BCUT2D eigenvalue weighted by atomic mass is 10.4. The van der Waals surface area contributed by atoms with E-state index >= 15 is 0 Å². The van der Waals surface area contributed by atoms with Crippen LogP contribution >= 0.6 is 22.9 Å². The van der Waals surface area contributed by atoms with Crippen LogP contribution in [0.1, 0.15) is 4.88 Å². The number of nitrogens with zero attached hydrogens (tertiary/aromatic N) is 1. The molecule has 2 aromatic heterocycles. The van der Waals surface area contributed by atoms with Crippen molar-refractivity contribution in [1.82, 2.24) is 14.9 Å². The molecule has 0 atom stereocenters. The lowest BCUT2D eigenvalue weighted by Crippen LogP contribution is -2.31. The molecule has 0 aliphatic heterocycles. The fourth-order valence-electron chi connectivity index (χ4n) is 1.48. The smallest absolute Gasteiger partial charge is 0.310 e. The molecule has 5 nitrogen and oxygen atoms in total. The van der Waals surface area contributed by atoms with E-state index in [1.54, 1.807) is 0 Å². The first-order valence-electron chi connectivity index (χ1n) is 5.40. The highest BCUT2D eigenvalue weighted by molar-refractivity contribution is 7.16. The summed E-state index contributed by atoms with van der Waals surface area (Å²) >= 11 is 7.34. The average molecular weight is 286 g/mol. The summed E-state index contributed by atoms with van der Waals surface area (Å²) in [5.74, 6) is 0. The van der Waals surface area contributed by atoms with Crippen LogP contribution in [0, 0.1) is 0 Å². The molecular weight excluding hydrogens is 274 g/mol. The Morgan fingerprint density at radius 3 is 2.83 bits per heavy atom. The molecule has 96 valence electrons. The summed E-state index contributed by atoms with van der Waals surface area (Å²) in [5, 5.41) is 3.21. The lowest BCUT2D eigenvalue weighted by Gasteiger charge is -2.05. The number of nitrogens with one attached hydrogen (secondary N) is 2. The van der Waals surface area contributed by atoms with E-state index in [-0.39, 0.29) is 11.2 Å². The molecule has 18 heavy (non-hydrogen) atoms. The predicted molar refractivity (Wildman–Crippen MR) is 72.4 cm³/mol. The Kier molecular flexibility index (Phi) is 4.35. The number of H-pyrrole nitrogens is 1. The first-order valence-corrected chi connectivity index (χ1v) is 6.59. The predicted octanol–water partition coefficient (Wildman–Crippen LogP) is 1.04. The zero-order valence-corrected chi connectivity index (χ0v) is 11.1. The fourth-order valence-corrected chi connectivity index (χ4v) is 2.54. The van der Waals surface area contributed by atoms with E-state index < -0.39 is 0 Å². The second-order valence-corrected chi connectivity index (χ2v) is 5.49. The van der Waals surface area contributed by atoms with E-state index in [9.17, 15) is 9.59 Å². The van der Waals surface area contributed by atoms with Crippen molar-refractivity contribution in [2.45, 2.75) is 13.1 Å². The second kappa shape index (κ2) is 5.99. The van der Waals surface area contributed by atoms with Gasteiger partial charge in [-0.3, -0.25) is 14.3 Å². The van der Waals surface area contributed by atoms with Gasteiger partial charge in [-0.2, -0.15) is 0 Å². The standard InChI is InChI=1S/C11H12ClN3O2S/c12-9-2-1-8(18-9)7-13-4-6-15-5-3-10(16)14-11(15)17/h1-3,5,13H,4,6-7H2,(H,14,16,17). The third kappa shape index (κ3) is 3.56. The molecule has 0 saturated heterocycles. The molecule has 2 aromatic rings. The summed E-state index contributed by atoms with van der Waals surface area (Å²) in [5.41, 5.74) is -0.763. The number of aromatic nitrogens is 2. The maximum absolute atomic E-state index is 11.4. The van der Waals surface area contributed by atoms with Crippen LogP contribution in [0.4, 0.5) is 0 Å². The van der Waals surface area contributed by atoms with Crippen LogP contribution in [-0.2, 0) is 13.1 Å². The summed E-state index contributed by atoms with van der Waals surface area (Å²) in [7, 11) is 0. The highest BCUT2D eigenvalue weighted by Crippen LogP contribution is 2.20. The number of rotatable bonds is 5. The van der Waals surface area contributed by atoms with Gasteiger partial charge >= 0.3 is 5.69 Å². The Hall–Kier alpha value is -1.37. The molecule has 0 spiro atoms. The Bertz CT molecular complexity index is 631. The third-order valence-corrected chi connectivity index (χ3v) is 3.59. The minimum atomic E-state index is -0.386. The molecule has 0 saturated carbocycles. The minimum absolute atomic E-state index is 0.377. The van der Waals surface area contributed by atoms with Gasteiger partial charge in [-0.25, -0.2) is 4.79 Å². The van der Waals surface area contributed by atoms with Gasteiger partial charge in [0.2, 0.25) is 0 Å². The van der Waals surface area contributed by atoms with Crippen molar-refractivity contribution in [3.05, 3.63) is 54.4 Å². The van der Waals surface area contributed by atoms with Crippen molar-refractivity contribution in [1.29, 1.82) is 0 Å². The normalized spacial score (nSPS) is 10.7. The van der Waals surface area contributed by atoms with Gasteiger partial charge in [0.1, 0.15) is 0 Å². The largest absolute Gasteiger partial charge is 0.328 e. The molecule has 7 heteroatoms. The molecule has 2 rings (SSSR count). The van der Waals surface area contributed by atoms with Gasteiger partial charge in [0.05, 0.1) is 4.34 Å². The van der Waals surface area contributed by atoms with Crippen molar-refractivity contribution in [3.8, 4) is 0 Å². The van der Waals surface area contributed by atoms with Crippen LogP contribution in [0.2, 0.25) is 4.34 Å². The number of hydrogen-bond acceptors (Lipinski definition) is 4. The monoisotopic (exact) mass is 285 g/mol. The summed E-state index contributed by atoms with van der Waals surface area (Å²) in [4.78, 5) is 25.6. The first kappa shape index (κ1) is 13.1. The topological polar surface area (TPSA) is 66.9 Å². The lowest BCUT2D eigenvalue weighted by molar-refractivity contribution is 0.576. The minimum Gasteiger partial charge on any atom is -0.310 e. The fraction of sp³-hybridized carbons (Fsp3) is 0.273. The zero-order chi connectivity index (χ0) is 13.0. The highest BCUT2D eigenvalue weighted by Gasteiger charge is 1.98. The summed E-state index contributed by atoms with van der Waals surface area (Å²) in [6, 6.07) is 5.16.